The third kappa shape index (κ3) is 5.25. The first-order chi connectivity index (χ1) is 9.73. The Labute approximate surface area is 124 Å². The highest BCUT2D eigenvalue weighted by Gasteiger charge is 2.47. The standard InChI is InChI=1S/C12H21N3O5S/c1-4-6-13-15-14-9-12(3,10(2)11(17)18)21(19,20)8-5-7-16/h4,6-7,10H,5,8-9H2,1-3H3,(H,13,14)(H,17,18)/b6-4-. The zero-order chi connectivity index (χ0) is 16.5. The lowest BCUT2D eigenvalue weighted by Crippen LogP contribution is -2.49. The van der Waals surface area contributed by atoms with E-state index in [1.165, 1.54) is 20.0 Å². The highest BCUT2D eigenvalue weighted by molar-refractivity contribution is 7.92. The van der Waals surface area contributed by atoms with Gasteiger partial charge in [-0.1, -0.05) is 18.2 Å². The fourth-order valence-electron chi connectivity index (χ4n) is 1.53. The van der Waals surface area contributed by atoms with Crippen LogP contribution in [0, 0.1) is 5.92 Å². The number of aliphatic carboxylic acids is 1. The number of carbonyl (C=O) groups excluding carboxylic acids is 1. The van der Waals surface area contributed by atoms with E-state index in [1.807, 2.05) is 0 Å². The molecule has 0 saturated carbocycles. The topological polar surface area (TPSA) is 125 Å². The lowest BCUT2D eigenvalue weighted by molar-refractivity contribution is -0.142. The largest absolute Gasteiger partial charge is 0.481 e. The van der Waals surface area contributed by atoms with Crippen molar-refractivity contribution < 1.29 is 23.1 Å². The van der Waals surface area contributed by atoms with E-state index >= 15 is 0 Å². The van der Waals surface area contributed by atoms with Crippen molar-refractivity contribution in [2.24, 2.45) is 16.3 Å². The summed E-state index contributed by atoms with van der Waals surface area (Å²) in [6.07, 6.45) is 3.46. The number of carbonyl (C=O) groups is 2. The van der Waals surface area contributed by atoms with Gasteiger partial charge in [0.15, 0.2) is 9.84 Å². The molecule has 21 heavy (non-hydrogen) atoms. The number of nitrogens with zero attached hydrogens (tertiary/aromatic N) is 2. The van der Waals surface area contributed by atoms with Crippen molar-refractivity contribution in [3.63, 3.8) is 0 Å². The zero-order valence-electron chi connectivity index (χ0n) is 12.3. The molecule has 0 saturated heterocycles. The third-order valence-electron chi connectivity index (χ3n) is 3.26. The Morgan fingerprint density at radius 1 is 1.48 bits per heavy atom. The van der Waals surface area contributed by atoms with E-state index in [2.05, 4.69) is 15.8 Å². The van der Waals surface area contributed by atoms with Gasteiger partial charge in [0.2, 0.25) is 0 Å². The van der Waals surface area contributed by atoms with Crippen LogP contribution in [0.3, 0.4) is 0 Å². The van der Waals surface area contributed by atoms with Crippen LogP contribution in [0.2, 0.25) is 0 Å². The molecule has 0 aromatic rings. The molecule has 120 valence electrons. The fraction of sp³-hybridized carbons (Fsp3) is 0.667. The Morgan fingerprint density at radius 2 is 2.10 bits per heavy atom. The van der Waals surface area contributed by atoms with Gasteiger partial charge in [0.25, 0.3) is 0 Å². The van der Waals surface area contributed by atoms with Crippen LogP contribution in [0.5, 0.6) is 0 Å². The first-order valence-corrected chi connectivity index (χ1v) is 8.00. The quantitative estimate of drug-likeness (QED) is 0.351. The van der Waals surface area contributed by atoms with Crippen LogP contribution >= 0.6 is 0 Å². The summed E-state index contributed by atoms with van der Waals surface area (Å²) in [4.78, 5) is 21.5. The van der Waals surface area contributed by atoms with Gasteiger partial charge >= 0.3 is 5.97 Å². The van der Waals surface area contributed by atoms with Crippen molar-refractivity contribution in [3.05, 3.63) is 12.3 Å². The molecule has 0 amide bonds. The summed E-state index contributed by atoms with van der Waals surface area (Å²) in [5, 5.41) is 16.3. The zero-order valence-corrected chi connectivity index (χ0v) is 13.1. The van der Waals surface area contributed by atoms with E-state index in [0.29, 0.717) is 6.29 Å². The van der Waals surface area contributed by atoms with E-state index in [4.69, 9.17) is 5.11 Å². The minimum Gasteiger partial charge on any atom is -0.481 e. The van der Waals surface area contributed by atoms with Gasteiger partial charge < -0.3 is 9.90 Å². The van der Waals surface area contributed by atoms with Crippen molar-refractivity contribution in [1.29, 1.82) is 0 Å². The van der Waals surface area contributed by atoms with Crippen molar-refractivity contribution in [3.8, 4) is 0 Å². The Kier molecular flexibility index (Phi) is 7.79. The maximum atomic E-state index is 12.3. The summed E-state index contributed by atoms with van der Waals surface area (Å²) in [5.41, 5.74) is 2.45. The van der Waals surface area contributed by atoms with Gasteiger partial charge in [-0.25, -0.2) is 8.42 Å². The molecule has 9 heteroatoms. The Morgan fingerprint density at radius 3 is 2.57 bits per heavy atom. The number of hydrogen-bond donors (Lipinski definition) is 2. The smallest absolute Gasteiger partial charge is 0.307 e. The molecule has 0 aromatic carbocycles. The Bertz CT molecular complexity index is 515. The molecule has 0 fully saturated rings. The van der Waals surface area contributed by atoms with Crippen LogP contribution in [0.4, 0.5) is 0 Å². The van der Waals surface area contributed by atoms with Crippen LogP contribution < -0.4 is 5.43 Å². The van der Waals surface area contributed by atoms with Crippen molar-refractivity contribution in [1.82, 2.24) is 5.43 Å². The molecule has 0 heterocycles. The molecule has 8 nitrogen and oxygen atoms in total. The van der Waals surface area contributed by atoms with E-state index in [0.717, 1.165) is 0 Å². The van der Waals surface area contributed by atoms with Crippen LogP contribution in [0.25, 0.3) is 0 Å². The molecule has 0 radical (unpaired) electrons. The minimum absolute atomic E-state index is 0.182. The SMILES string of the molecule is C/C=C\NN=NCC(C)(C(C)C(=O)O)S(=O)(=O)CCC=O. The fourth-order valence-corrected chi connectivity index (χ4v) is 3.29. The molecule has 2 atom stereocenters. The van der Waals surface area contributed by atoms with Crippen LogP contribution in [-0.4, -0.2) is 42.8 Å². The summed E-state index contributed by atoms with van der Waals surface area (Å²) >= 11 is 0. The predicted molar refractivity (Wildman–Crippen MR) is 77.3 cm³/mol. The molecule has 0 spiro atoms. The monoisotopic (exact) mass is 319 g/mol. The summed E-state index contributed by atoms with van der Waals surface area (Å²) in [5.74, 6) is -2.85. The van der Waals surface area contributed by atoms with Gasteiger partial charge in [-0.2, -0.15) is 5.11 Å². The van der Waals surface area contributed by atoms with E-state index in [1.54, 1.807) is 13.0 Å². The minimum atomic E-state index is -3.83. The highest BCUT2D eigenvalue weighted by atomic mass is 32.2. The summed E-state index contributed by atoms with van der Waals surface area (Å²) < 4.78 is 23.0. The van der Waals surface area contributed by atoms with E-state index in [9.17, 15) is 18.0 Å². The number of rotatable bonds is 10. The Hall–Kier alpha value is -1.77. The number of sulfone groups is 1. The molecule has 0 aromatic heterocycles. The van der Waals surface area contributed by atoms with Crippen molar-refractivity contribution in [2.45, 2.75) is 31.9 Å². The second kappa shape index (κ2) is 8.50. The summed E-state index contributed by atoms with van der Waals surface area (Å²) in [6, 6.07) is 0. The van der Waals surface area contributed by atoms with Gasteiger partial charge in [0, 0.05) is 12.6 Å². The number of hydrogen-bond acceptors (Lipinski definition) is 6. The molecule has 0 bridgehead atoms. The van der Waals surface area contributed by atoms with Gasteiger partial charge in [-0.15, -0.1) is 0 Å². The lowest BCUT2D eigenvalue weighted by atomic mass is 9.95. The van der Waals surface area contributed by atoms with Gasteiger partial charge in [0.05, 0.1) is 18.2 Å². The maximum absolute atomic E-state index is 12.3. The summed E-state index contributed by atoms with van der Waals surface area (Å²) in [6.45, 7) is 4.05. The Balaban J connectivity index is 5.33. The van der Waals surface area contributed by atoms with Gasteiger partial charge in [-0.3, -0.25) is 10.2 Å². The summed E-state index contributed by atoms with van der Waals surface area (Å²) in [7, 11) is -3.83. The number of carboxylic acids is 1. The second-order valence-corrected chi connectivity index (χ2v) is 7.25. The molecular formula is C12H21N3O5S. The molecule has 0 aliphatic carbocycles. The van der Waals surface area contributed by atoms with Gasteiger partial charge in [-0.05, 0) is 13.8 Å². The van der Waals surface area contributed by atoms with E-state index in [-0.39, 0.29) is 13.0 Å². The third-order valence-corrected chi connectivity index (χ3v) is 5.93. The van der Waals surface area contributed by atoms with Crippen LogP contribution in [-0.2, 0) is 19.4 Å². The molecule has 0 aliphatic heterocycles. The number of carboxylic acid groups (broad SMARTS) is 1. The molecule has 2 N–H and O–H groups in total. The van der Waals surface area contributed by atoms with Crippen molar-refractivity contribution in [2.75, 3.05) is 12.3 Å². The number of nitrogens with one attached hydrogen (secondary N) is 1. The first-order valence-electron chi connectivity index (χ1n) is 6.35. The second-order valence-electron chi connectivity index (χ2n) is 4.68. The molecule has 2 unspecified atom stereocenters. The maximum Gasteiger partial charge on any atom is 0.307 e. The van der Waals surface area contributed by atoms with Gasteiger partial charge in [0.1, 0.15) is 11.0 Å². The normalized spacial score (nSPS) is 16.7. The molecular weight excluding hydrogens is 298 g/mol. The predicted octanol–water partition coefficient (Wildman–Crippen LogP) is 0.960. The van der Waals surface area contributed by atoms with Crippen LogP contribution in [0.15, 0.2) is 22.6 Å². The average molecular weight is 319 g/mol. The van der Waals surface area contributed by atoms with Crippen LogP contribution in [0.1, 0.15) is 27.2 Å². The average Bonchev–Trinajstić information content (AvgIpc) is 2.43. The first kappa shape index (κ1) is 19.2. The molecule has 0 rings (SSSR count). The van der Waals surface area contributed by atoms with E-state index < -0.39 is 32.2 Å². The number of allylic oxidation sites excluding steroid dienone is 1. The highest BCUT2D eigenvalue weighted by Crippen LogP contribution is 2.29. The lowest BCUT2D eigenvalue weighted by Gasteiger charge is -2.30. The number of aldehydes is 1. The molecule has 0 aliphatic rings. The van der Waals surface area contributed by atoms with Crippen molar-refractivity contribution >= 4 is 22.1 Å².